The zero-order valence-electron chi connectivity index (χ0n) is 11.9. The van der Waals surface area contributed by atoms with Crippen LogP contribution in [0.2, 0.25) is 0 Å². The Morgan fingerprint density at radius 3 is 2.55 bits per heavy atom. The van der Waals surface area contributed by atoms with Crippen LogP contribution in [0.15, 0.2) is 30.3 Å². The van der Waals surface area contributed by atoms with Crippen molar-refractivity contribution in [2.45, 2.75) is 38.4 Å². The first kappa shape index (κ1) is 14.5. The molecule has 0 spiro atoms. The number of nitrogens with zero attached hydrogens (tertiary/aromatic N) is 1. The minimum absolute atomic E-state index is 0.0198. The standard InChI is InChI=1S/C15H21N3O2/c1-10(2)18-9-8-12(15(18)20)17-14(19)13(16)11-6-4-3-5-7-11/h3-7,10,12-13H,8-9,16H2,1-2H3,(H,17,19). The van der Waals surface area contributed by atoms with Crippen molar-refractivity contribution in [1.29, 1.82) is 0 Å². The first-order valence-corrected chi connectivity index (χ1v) is 6.92. The van der Waals surface area contributed by atoms with Crippen LogP contribution in [-0.2, 0) is 9.59 Å². The van der Waals surface area contributed by atoms with E-state index in [1.807, 2.05) is 32.0 Å². The number of amides is 2. The predicted octanol–water partition coefficient (Wildman–Crippen LogP) is 0.812. The first-order valence-electron chi connectivity index (χ1n) is 6.92. The van der Waals surface area contributed by atoms with E-state index in [9.17, 15) is 9.59 Å². The number of rotatable bonds is 4. The Morgan fingerprint density at radius 2 is 2.00 bits per heavy atom. The largest absolute Gasteiger partial charge is 0.343 e. The van der Waals surface area contributed by atoms with Crippen molar-refractivity contribution in [3.05, 3.63) is 35.9 Å². The van der Waals surface area contributed by atoms with E-state index in [1.54, 1.807) is 17.0 Å². The van der Waals surface area contributed by atoms with E-state index in [1.165, 1.54) is 0 Å². The number of hydrogen-bond donors (Lipinski definition) is 2. The Bertz CT molecular complexity index is 487. The molecule has 0 saturated carbocycles. The summed E-state index contributed by atoms with van der Waals surface area (Å²) in [6.07, 6.45) is 0.643. The third kappa shape index (κ3) is 2.99. The highest BCUT2D eigenvalue weighted by molar-refractivity contribution is 5.91. The highest BCUT2D eigenvalue weighted by Gasteiger charge is 2.34. The molecule has 2 atom stereocenters. The second-order valence-corrected chi connectivity index (χ2v) is 5.36. The van der Waals surface area contributed by atoms with E-state index in [-0.39, 0.29) is 17.9 Å². The molecule has 20 heavy (non-hydrogen) atoms. The second kappa shape index (κ2) is 6.05. The molecule has 0 radical (unpaired) electrons. The van der Waals surface area contributed by atoms with Crippen molar-refractivity contribution in [3.8, 4) is 0 Å². The molecule has 2 unspecified atom stereocenters. The summed E-state index contributed by atoms with van der Waals surface area (Å²) in [5.41, 5.74) is 6.67. The number of nitrogens with one attached hydrogen (secondary N) is 1. The average Bonchev–Trinajstić information content (AvgIpc) is 2.80. The molecule has 1 aromatic rings. The van der Waals surface area contributed by atoms with Crippen molar-refractivity contribution >= 4 is 11.8 Å². The number of likely N-dealkylation sites (tertiary alicyclic amines) is 1. The normalized spacial score (nSPS) is 20.3. The molecule has 2 rings (SSSR count). The lowest BCUT2D eigenvalue weighted by Gasteiger charge is -2.21. The van der Waals surface area contributed by atoms with Crippen LogP contribution in [0.25, 0.3) is 0 Å². The van der Waals surface area contributed by atoms with Gasteiger partial charge >= 0.3 is 0 Å². The lowest BCUT2D eigenvalue weighted by Crippen LogP contribution is -2.46. The zero-order chi connectivity index (χ0) is 14.7. The van der Waals surface area contributed by atoms with Crippen LogP contribution in [0, 0.1) is 0 Å². The quantitative estimate of drug-likeness (QED) is 0.854. The Balaban J connectivity index is 1.97. The molecule has 1 fully saturated rings. The number of benzene rings is 1. The molecule has 2 amide bonds. The van der Waals surface area contributed by atoms with E-state index < -0.39 is 12.1 Å². The van der Waals surface area contributed by atoms with Crippen molar-refractivity contribution in [2.75, 3.05) is 6.54 Å². The summed E-state index contributed by atoms with van der Waals surface area (Å²) in [6.45, 7) is 4.62. The fourth-order valence-corrected chi connectivity index (χ4v) is 2.42. The Labute approximate surface area is 119 Å². The topological polar surface area (TPSA) is 75.4 Å². The van der Waals surface area contributed by atoms with Gasteiger partial charge in [0.15, 0.2) is 0 Å². The van der Waals surface area contributed by atoms with Gasteiger partial charge in [0.1, 0.15) is 12.1 Å². The third-order valence-electron chi connectivity index (χ3n) is 3.62. The molecule has 1 aliphatic rings. The summed E-state index contributed by atoms with van der Waals surface area (Å²) in [4.78, 5) is 26.0. The zero-order valence-corrected chi connectivity index (χ0v) is 11.9. The minimum Gasteiger partial charge on any atom is -0.343 e. The van der Waals surface area contributed by atoms with Gasteiger partial charge in [-0.15, -0.1) is 0 Å². The summed E-state index contributed by atoms with van der Waals surface area (Å²) in [5.74, 6) is -0.325. The molecule has 5 heteroatoms. The SMILES string of the molecule is CC(C)N1CCC(NC(=O)C(N)c2ccccc2)C1=O. The molecule has 5 nitrogen and oxygen atoms in total. The maximum atomic E-state index is 12.1. The molecule has 1 aromatic carbocycles. The molecular formula is C15H21N3O2. The summed E-state index contributed by atoms with van der Waals surface area (Å²) in [6, 6.07) is 8.13. The smallest absolute Gasteiger partial charge is 0.245 e. The van der Waals surface area contributed by atoms with Crippen molar-refractivity contribution in [2.24, 2.45) is 5.73 Å². The molecule has 1 heterocycles. The average molecular weight is 275 g/mol. The number of carbonyl (C=O) groups excluding carboxylic acids is 2. The van der Waals surface area contributed by atoms with Gasteiger partial charge in [-0.25, -0.2) is 0 Å². The van der Waals surface area contributed by atoms with Crippen molar-refractivity contribution in [3.63, 3.8) is 0 Å². The number of carbonyl (C=O) groups is 2. The van der Waals surface area contributed by atoms with Gasteiger partial charge in [-0.2, -0.15) is 0 Å². The summed E-state index contributed by atoms with van der Waals surface area (Å²) in [5, 5.41) is 2.76. The molecule has 1 saturated heterocycles. The molecule has 0 aromatic heterocycles. The summed E-state index contributed by atoms with van der Waals surface area (Å²) in [7, 11) is 0. The molecular weight excluding hydrogens is 254 g/mol. The number of hydrogen-bond acceptors (Lipinski definition) is 3. The van der Waals surface area contributed by atoms with Gasteiger partial charge in [-0.3, -0.25) is 9.59 Å². The van der Waals surface area contributed by atoms with E-state index in [0.29, 0.717) is 13.0 Å². The fraction of sp³-hybridized carbons (Fsp3) is 0.467. The Morgan fingerprint density at radius 1 is 1.35 bits per heavy atom. The Kier molecular flexibility index (Phi) is 4.39. The molecule has 1 aliphatic heterocycles. The van der Waals surface area contributed by atoms with Gasteiger partial charge in [-0.1, -0.05) is 30.3 Å². The van der Waals surface area contributed by atoms with Crippen LogP contribution >= 0.6 is 0 Å². The highest BCUT2D eigenvalue weighted by Crippen LogP contribution is 2.16. The first-order chi connectivity index (χ1) is 9.50. The minimum atomic E-state index is -0.739. The van der Waals surface area contributed by atoms with Crippen molar-refractivity contribution < 1.29 is 9.59 Å². The van der Waals surface area contributed by atoms with E-state index in [2.05, 4.69) is 5.32 Å². The Hall–Kier alpha value is -1.88. The fourth-order valence-electron chi connectivity index (χ4n) is 2.42. The molecule has 0 aliphatic carbocycles. The van der Waals surface area contributed by atoms with Crippen LogP contribution in [0.4, 0.5) is 0 Å². The lowest BCUT2D eigenvalue weighted by molar-refractivity contribution is -0.134. The highest BCUT2D eigenvalue weighted by atomic mass is 16.2. The van der Waals surface area contributed by atoms with Crippen LogP contribution in [0.5, 0.6) is 0 Å². The van der Waals surface area contributed by atoms with Gasteiger partial charge in [0.05, 0.1) is 0 Å². The summed E-state index contributed by atoms with van der Waals surface area (Å²) < 4.78 is 0. The maximum Gasteiger partial charge on any atom is 0.245 e. The van der Waals surface area contributed by atoms with Gasteiger partial charge in [-0.05, 0) is 25.8 Å². The van der Waals surface area contributed by atoms with Gasteiger partial charge < -0.3 is 16.0 Å². The van der Waals surface area contributed by atoms with Crippen LogP contribution in [-0.4, -0.2) is 35.3 Å². The second-order valence-electron chi connectivity index (χ2n) is 5.36. The van der Waals surface area contributed by atoms with Crippen LogP contribution in [0.3, 0.4) is 0 Å². The third-order valence-corrected chi connectivity index (χ3v) is 3.62. The van der Waals surface area contributed by atoms with E-state index in [4.69, 9.17) is 5.73 Å². The van der Waals surface area contributed by atoms with Gasteiger partial charge in [0.25, 0.3) is 0 Å². The molecule has 0 bridgehead atoms. The van der Waals surface area contributed by atoms with E-state index >= 15 is 0 Å². The van der Waals surface area contributed by atoms with Crippen molar-refractivity contribution in [1.82, 2.24) is 10.2 Å². The van der Waals surface area contributed by atoms with Crippen LogP contribution in [0.1, 0.15) is 31.9 Å². The maximum absolute atomic E-state index is 12.1. The number of nitrogens with two attached hydrogens (primary N) is 1. The van der Waals surface area contributed by atoms with Gasteiger partial charge in [0, 0.05) is 12.6 Å². The summed E-state index contributed by atoms with van der Waals surface area (Å²) >= 11 is 0. The van der Waals surface area contributed by atoms with Crippen LogP contribution < -0.4 is 11.1 Å². The molecule has 3 N–H and O–H groups in total. The van der Waals surface area contributed by atoms with Gasteiger partial charge in [0.2, 0.25) is 11.8 Å². The van der Waals surface area contributed by atoms with E-state index in [0.717, 1.165) is 5.56 Å². The lowest BCUT2D eigenvalue weighted by atomic mass is 10.1. The molecule has 108 valence electrons. The monoisotopic (exact) mass is 275 g/mol. The predicted molar refractivity (Wildman–Crippen MR) is 76.8 cm³/mol.